The lowest BCUT2D eigenvalue weighted by Gasteiger charge is -2.28. The zero-order chi connectivity index (χ0) is 10.2. The van der Waals surface area contributed by atoms with E-state index in [1.165, 1.54) is 38.6 Å². The Morgan fingerprint density at radius 2 is 2.21 bits per heavy atom. The molecule has 0 aliphatic heterocycles. The molecule has 1 nitrogen and oxygen atoms in total. The average molecular weight is 193 g/mol. The van der Waals surface area contributed by atoms with Crippen LogP contribution < -0.4 is 5.32 Å². The highest BCUT2D eigenvalue weighted by Gasteiger charge is 2.20. The predicted molar refractivity (Wildman–Crippen MR) is 62.1 cm³/mol. The minimum absolute atomic E-state index is 0.771. The summed E-state index contributed by atoms with van der Waals surface area (Å²) in [7, 11) is 0. The Kier molecular flexibility index (Phi) is 5.71. The molecular formula is C13H23N. The maximum absolute atomic E-state index is 3.63. The van der Waals surface area contributed by atoms with Crippen molar-refractivity contribution in [2.75, 3.05) is 6.54 Å². The highest BCUT2D eigenvalue weighted by Crippen LogP contribution is 2.26. The molecule has 1 N–H and O–H groups in total. The van der Waals surface area contributed by atoms with Crippen LogP contribution in [-0.2, 0) is 0 Å². The first kappa shape index (κ1) is 11.6. The van der Waals surface area contributed by atoms with Gasteiger partial charge in [-0.2, -0.15) is 0 Å². The molecule has 0 saturated heterocycles. The van der Waals surface area contributed by atoms with Crippen LogP contribution in [0, 0.1) is 17.8 Å². The standard InChI is InChI=1S/C13H23N/c1-3-5-7-12-8-6-9-13(11-12)14-10-4-2/h12-14H,4,6-11H2,1-2H3. The summed E-state index contributed by atoms with van der Waals surface area (Å²) < 4.78 is 0. The Morgan fingerprint density at radius 1 is 1.36 bits per heavy atom. The lowest BCUT2D eigenvalue weighted by Crippen LogP contribution is -2.34. The molecule has 1 rings (SSSR count). The smallest absolute Gasteiger partial charge is 0.0117 e. The molecule has 0 heterocycles. The molecule has 1 heteroatoms. The van der Waals surface area contributed by atoms with Crippen LogP contribution in [0.2, 0.25) is 0 Å². The van der Waals surface area contributed by atoms with E-state index in [1.807, 2.05) is 6.92 Å². The third kappa shape index (κ3) is 4.15. The number of hydrogen-bond acceptors (Lipinski definition) is 1. The lowest BCUT2D eigenvalue weighted by molar-refractivity contribution is 0.289. The third-order valence-corrected chi connectivity index (χ3v) is 3.03. The average Bonchev–Trinajstić information content (AvgIpc) is 2.24. The molecule has 2 unspecified atom stereocenters. The van der Waals surface area contributed by atoms with Crippen molar-refractivity contribution in [2.45, 2.75) is 58.4 Å². The van der Waals surface area contributed by atoms with E-state index in [4.69, 9.17) is 0 Å². The van der Waals surface area contributed by atoms with Gasteiger partial charge in [-0.25, -0.2) is 0 Å². The highest BCUT2D eigenvalue weighted by molar-refractivity contribution is 4.97. The molecule has 0 aromatic carbocycles. The van der Waals surface area contributed by atoms with Gasteiger partial charge in [0.1, 0.15) is 0 Å². The Labute approximate surface area is 88.7 Å². The minimum Gasteiger partial charge on any atom is -0.314 e. The molecule has 0 bridgehead atoms. The van der Waals surface area contributed by atoms with Crippen molar-refractivity contribution < 1.29 is 0 Å². The van der Waals surface area contributed by atoms with Crippen molar-refractivity contribution in [1.82, 2.24) is 5.32 Å². The first-order valence-corrected chi connectivity index (χ1v) is 5.99. The maximum Gasteiger partial charge on any atom is 0.0117 e. The molecule has 0 aromatic heterocycles. The monoisotopic (exact) mass is 193 g/mol. The van der Waals surface area contributed by atoms with E-state index in [0.29, 0.717) is 0 Å². The van der Waals surface area contributed by atoms with E-state index >= 15 is 0 Å². The lowest BCUT2D eigenvalue weighted by atomic mass is 9.84. The van der Waals surface area contributed by atoms with Crippen LogP contribution in [-0.4, -0.2) is 12.6 Å². The van der Waals surface area contributed by atoms with E-state index in [2.05, 4.69) is 24.1 Å². The fourth-order valence-electron chi connectivity index (χ4n) is 2.26. The normalized spacial score (nSPS) is 26.7. The number of rotatable bonds is 4. The van der Waals surface area contributed by atoms with Crippen LogP contribution in [0.15, 0.2) is 0 Å². The Hall–Kier alpha value is -0.480. The molecule has 1 fully saturated rings. The zero-order valence-corrected chi connectivity index (χ0v) is 9.60. The van der Waals surface area contributed by atoms with Crippen LogP contribution in [0.3, 0.4) is 0 Å². The van der Waals surface area contributed by atoms with Crippen LogP contribution in [0.4, 0.5) is 0 Å². The summed E-state index contributed by atoms with van der Waals surface area (Å²) in [6.45, 7) is 5.35. The van der Waals surface area contributed by atoms with Crippen molar-refractivity contribution in [3.63, 3.8) is 0 Å². The third-order valence-electron chi connectivity index (χ3n) is 3.03. The molecule has 0 spiro atoms. The van der Waals surface area contributed by atoms with Crippen LogP contribution in [0.1, 0.15) is 52.4 Å². The molecule has 0 aromatic rings. The topological polar surface area (TPSA) is 12.0 Å². The first-order valence-electron chi connectivity index (χ1n) is 5.99. The van der Waals surface area contributed by atoms with Crippen molar-refractivity contribution in [2.24, 2.45) is 5.92 Å². The Bertz CT molecular complexity index is 199. The largest absolute Gasteiger partial charge is 0.314 e. The molecular weight excluding hydrogens is 170 g/mol. The molecule has 0 radical (unpaired) electrons. The van der Waals surface area contributed by atoms with E-state index in [-0.39, 0.29) is 0 Å². The molecule has 14 heavy (non-hydrogen) atoms. The Morgan fingerprint density at radius 3 is 2.93 bits per heavy atom. The summed E-state index contributed by atoms with van der Waals surface area (Å²) >= 11 is 0. The second-order valence-electron chi connectivity index (χ2n) is 4.31. The highest BCUT2D eigenvalue weighted by atomic mass is 14.9. The van der Waals surface area contributed by atoms with E-state index in [0.717, 1.165) is 18.4 Å². The van der Waals surface area contributed by atoms with Gasteiger partial charge in [0.25, 0.3) is 0 Å². The van der Waals surface area contributed by atoms with Gasteiger partial charge < -0.3 is 5.32 Å². The van der Waals surface area contributed by atoms with Crippen LogP contribution in [0.5, 0.6) is 0 Å². The summed E-state index contributed by atoms with van der Waals surface area (Å²) in [6, 6.07) is 0.771. The molecule has 2 atom stereocenters. The van der Waals surface area contributed by atoms with E-state index in [1.54, 1.807) is 0 Å². The maximum atomic E-state index is 3.63. The molecule has 1 saturated carbocycles. The fourth-order valence-corrected chi connectivity index (χ4v) is 2.26. The summed E-state index contributed by atoms with van der Waals surface area (Å²) in [5.41, 5.74) is 0. The van der Waals surface area contributed by atoms with Crippen molar-refractivity contribution in [3.05, 3.63) is 0 Å². The molecule has 80 valence electrons. The SMILES string of the molecule is CC#CCC1CCCC(NCCC)C1. The summed E-state index contributed by atoms with van der Waals surface area (Å²) in [4.78, 5) is 0. The second kappa shape index (κ2) is 6.90. The number of nitrogens with one attached hydrogen (secondary N) is 1. The van der Waals surface area contributed by atoms with Gasteiger partial charge in [-0.3, -0.25) is 0 Å². The van der Waals surface area contributed by atoms with Crippen LogP contribution in [0.25, 0.3) is 0 Å². The summed E-state index contributed by atoms with van der Waals surface area (Å²) in [5.74, 6) is 7.07. The van der Waals surface area contributed by atoms with E-state index in [9.17, 15) is 0 Å². The predicted octanol–water partition coefficient (Wildman–Crippen LogP) is 2.96. The summed E-state index contributed by atoms with van der Waals surface area (Å²) in [5, 5.41) is 3.63. The van der Waals surface area contributed by atoms with Gasteiger partial charge in [0.15, 0.2) is 0 Å². The van der Waals surface area contributed by atoms with Crippen molar-refractivity contribution in [3.8, 4) is 11.8 Å². The van der Waals surface area contributed by atoms with Gasteiger partial charge in [-0.1, -0.05) is 13.3 Å². The van der Waals surface area contributed by atoms with E-state index < -0.39 is 0 Å². The Balaban J connectivity index is 2.23. The quantitative estimate of drug-likeness (QED) is 0.677. The van der Waals surface area contributed by atoms with Gasteiger partial charge in [-0.15, -0.1) is 11.8 Å². The zero-order valence-electron chi connectivity index (χ0n) is 9.60. The van der Waals surface area contributed by atoms with Crippen molar-refractivity contribution in [1.29, 1.82) is 0 Å². The number of hydrogen-bond donors (Lipinski definition) is 1. The first-order chi connectivity index (χ1) is 6.86. The van der Waals surface area contributed by atoms with Gasteiger partial charge in [0.2, 0.25) is 0 Å². The fraction of sp³-hybridized carbons (Fsp3) is 0.846. The van der Waals surface area contributed by atoms with Gasteiger partial charge in [-0.05, 0) is 45.1 Å². The van der Waals surface area contributed by atoms with Gasteiger partial charge in [0.05, 0.1) is 0 Å². The van der Waals surface area contributed by atoms with Gasteiger partial charge in [0, 0.05) is 12.5 Å². The molecule has 1 aliphatic carbocycles. The second-order valence-corrected chi connectivity index (χ2v) is 4.31. The molecule has 1 aliphatic rings. The van der Waals surface area contributed by atoms with Gasteiger partial charge >= 0.3 is 0 Å². The molecule has 0 amide bonds. The van der Waals surface area contributed by atoms with Crippen molar-refractivity contribution >= 4 is 0 Å². The summed E-state index contributed by atoms with van der Waals surface area (Å²) in [6.07, 6.45) is 7.85. The minimum atomic E-state index is 0.771. The van der Waals surface area contributed by atoms with Crippen LogP contribution >= 0.6 is 0 Å².